The first-order chi connectivity index (χ1) is 12.2. The van der Waals surface area contributed by atoms with Gasteiger partial charge in [0.1, 0.15) is 5.65 Å². The summed E-state index contributed by atoms with van der Waals surface area (Å²) < 4.78 is 10.7. The van der Waals surface area contributed by atoms with E-state index in [9.17, 15) is 9.59 Å². The van der Waals surface area contributed by atoms with Crippen LogP contribution < -0.4 is 5.32 Å². The van der Waals surface area contributed by atoms with E-state index in [0.29, 0.717) is 0 Å². The number of allylic oxidation sites excluding steroid dienone is 1. The number of aromatic amines is 1. The largest absolute Gasteiger partial charge is 0.462 e. The summed E-state index contributed by atoms with van der Waals surface area (Å²) in [5, 5.41) is 3.96. The molecule has 0 atom stereocenters. The van der Waals surface area contributed by atoms with Crippen molar-refractivity contribution in [2.45, 2.75) is 25.8 Å². The van der Waals surface area contributed by atoms with E-state index in [-0.39, 0.29) is 29.9 Å². The zero-order valence-corrected chi connectivity index (χ0v) is 13.7. The van der Waals surface area contributed by atoms with Gasteiger partial charge in [0.15, 0.2) is 11.3 Å². The number of carbonyl (C=O) groups excluding carboxylic acids is 2. The number of carbonyl (C=O) groups is 2. The van der Waals surface area contributed by atoms with Gasteiger partial charge in [-0.1, -0.05) is 0 Å². The normalized spacial score (nSPS) is 18.8. The molecule has 1 saturated carbocycles. The van der Waals surface area contributed by atoms with E-state index in [0.717, 1.165) is 29.4 Å². The van der Waals surface area contributed by atoms with Gasteiger partial charge < -0.3 is 19.8 Å². The molecule has 1 aliphatic heterocycles. The van der Waals surface area contributed by atoms with Crippen molar-refractivity contribution in [2.24, 2.45) is 0 Å². The highest BCUT2D eigenvalue weighted by Crippen LogP contribution is 2.30. The summed E-state index contributed by atoms with van der Waals surface area (Å²) in [6.45, 7) is 1.89. The third-order valence-corrected chi connectivity index (χ3v) is 4.05. The maximum absolute atomic E-state index is 12.7. The summed E-state index contributed by atoms with van der Waals surface area (Å²) in [5.74, 6) is -0.856. The van der Waals surface area contributed by atoms with Gasteiger partial charge in [-0.15, -0.1) is 0 Å². The standard InChI is InChI=1S/C18H17N3O4/c1-2-24-18(23)14-15(22)13(25-17(14)21-11-5-6-11)8-10-9-20-16-12(10)4-3-7-19-16/h3-4,7-9,11,21H,2,5-6H2,1H3,(H,19,20). The van der Waals surface area contributed by atoms with E-state index in [1.807, 2.05) is 12.1 Å². The fourth-order valence-corrected chi connectivity index (χ4v) is 2.67. The molecule has 0 unspecified atom stereocenters. The second kappa shape index (κ2) is 6.08. The van der Waals surface area contributed by atoms with Crippen molar-refractivity contribution in [3.63, 3.8) is 0 Å². The van der Waals surface area contributed by atoms with Crippen LogP contribution in [0, 0.1) is 0 Å². The lowest BCUT2D eigenvalue weighted by molar-refractivity contribution is -0.139. The van der Waals surface area contributed by atoms with E-state index < -0.39 is 11.8 Å². The van der Waals surface area contributed by atoms with E-state index in [1.165, 1.54) is 0 Å². The van der Waals surface area contributed by atoms with Crippen molar-refractivity contribution >= 4 is 28.9 Å². The van der Waals surface area contributed by atoms with Gasteiger partial charge in [0, 0.05) is 29.4 Å². The first kappa shape index (κ1) is 15.4. The molecule has 2 aromatic rings. The van der Waals surface area contributed by atoms with Crippen LogP contribution in [0.3, 0.4) is 0 Å². The van der Waals surface area contributed by atoms with Crippen molar-refractivity contribution in [2.75, 3.05) is 6.61 Å². The van der Waals surface area contributed by atoms with Gasteiger partial charge in [-0.05, 0) is 38.0 Å². The number of Topliss-reactive ketones (excluding diaryl/α,β-unsaturated/α-hetero) is 1. The maximum Gasteiger partial charge on any atom is 0.347 e. The number of hydrogen-bond donors (Lipinski definition) is 2. The van der Waals surface area contributed by atoms with Gasteiger partial charge in [0.05, 0.1) is 6.61 Å². The zero-order chi connectivity index (χ0) is 17.4. The van der Waals surface area contributed by atoms with E-state index >= 15 is 0 Å². The van der Waals surface area contributed by atoms with Crippen LogP contribution in [0.5, 0.6) is 0 Å². The first-order valence-electron chi connectivity index (χ1n) is 8.21. The molecule has 0 saturated heterocycles. The minimum Gasteiger partial charge on any atom is -0.462 e. The van der Waals surface area contributed by atoms with Crippen molar-refractivity contribution < 1.29 is 19.1 Å². The van der Waals surface area contributed by atoms with Crippen LogP contribution in [-0.4, -0.2) is 34.4 Å². The van der Waals surface area contributed by atoms with Crippen LogP contribution in [0.1, 0.15) is 25.3 Å². The summed E-state index contributed by atoms with van der Waals surface area (Å²) >= 11 is 0. The molecular formula is C18H17N3O4. The minimum atomic E-state index is -0.667. The summed E-state index contributed by atoms with van der Waals surface area (Å²) in [5.41, 5.74) is 1.41. The lowest BCUT2D eigenvalue weighted by Gasteiger charge is -2.06. The highest BCUT2D eigenvalue weighted by atomic mass is 16.5. The number of H-pyrrole nitrogens is 1. The van der Waals surface area contributed by atoms with Crippen molar-refractivity contribution in [3.05, 3.63) is 47.3 Å². The Labute approximate surface area is 143 Å². The lowest BCUT2D eigenvalue weighted by Crippen LogP contribution is -2.21. The summed E-state index contributed by atoms with van der Waals surface area (Å²) in [4.78, 5) is 32.1. The number of ether oxygens (including phenoxy) is 2. The fourth-order valence-electron chi connectivity index (χ4n) is 2.67. The number of rotatable bonds is 5. The van der Waals surface area contributed by atoms with Gasteiger partial charge in [0.25, 0.3) is 0 Å². The molecule has 2 aromatic heterocycles. The molecule has 1 fully saturated rings. The van der Waals surface area contributed by atoms with Crippen LogP contribution >= 0.6 is 0 Å². The summed E-state index contributed by atoms with van der Waals surface area (Å²) in [6, 6.07) is 3.95. The third kappa shape index (κ3) is 2.88. The molecule has 25 heavy (non-hydrogen) atoms. The monoisotopic (exact) mass is 339 g/mol. The Morgan fingerprint density at radius 2 is 2.36 bits per heavy atom. The molecule has 0 amide bonds. The molecule has 128 valence electrons. The number of pyridine rings is 1. The smallest absolute Gasteiger partial charge is 0.347 e. The van der Waals surface area contributed by atoms with Crippen molar-refractivity contribution in [3.8, 4) is 0 Å². The molecule has 7 nitrogen and oxygen atoms in total. The van der Waals surface area contributed by atoms with Crippen molar-refractivity contribution in [1.29, 1.82) is 0 Å². The van der Waals surface area contributed by atoms with E-state index in [4.69, 9.17) is 9.47 Å². The number of hydrogen-bond acceptors (Lipinski definition) is 6. The fraction of sp³-hybridized carbons (Fsp3) is 0.278. The Balaban J connectivity index is 1.68. The molecule has 4 rings (SSSR count). The predicted octanol–water partition coefficient (Wildman–Crippen LogP) is 2.03. The highest BCUT2D eigenvalue weighted by molar-refractivity contribution is 6.26. The van der Waals surface area contributed by atoms with Crippen LogP contribution in [0.2, 0.25) is 0 Å². The quantitative estimate of drug-likeness (QED) is 0.492. The molecule has 0 spiro atoms. The molecule has 1 aliphatic carbocycles. The predicted molar refractivity (Wildman–Crippen MR) is 90.0 cm³/mol. The number of aromatic nitrogens is 2. The Morgan fingerprint density at radius 1 is 1.52 bits per heavy atom. The number of esters is 1. The number of ketones is 1. The molecule has 0 bridgehead atoms. The Kier molecular flexibility index (Phi) is 3.76. The lowest BCUT2D eigenvalue weighted by atomic mass is 10.1. The first-order valence-corrected chi connectivity index (χ1v) is 8.21. The summed E-state index contributed by atoms with van der Waals surface area (Å²) in [7, 11) is 0. The SMILES string of the molecule is CCOC(=O)C1=C(NC2CC2)OC(=Cc2c[nH]c3ncccc23)C1=O. The molecule has 2 N–H and O–H groups in total. The second-order valence-electron chi connectivity index (χ2n) is 5.93. The number of nitrogens with zero attached hydrogens (tertiary/aromatic N) is 1. The van der Waals surface area contributed by atoms with E-state index in [1.54, 1.807) is 25.4 Å². The van der Waals surface area contributed by atoms with Crippen molar-refractivity contribution in [1.82, 2.24) is 15.3 Å². The summed E-state index contributed by atoms with van der Waals surface area (Å²) in [6.07, 6.45) is 7.03. The van der Waals surface area contributed by atoms with Crippen LogP contribution in [0.4, 0.5) is 0 Å². The molecule has 7 heteroatoms. The van der Waals surface area contributed by atoms with Gasteiger partial charge in [-0.25, -0.2) is 9.78 Å². The molecule has 3 heterocycles. The second-order valence-corrected chi connectivity index (χ2v) is 5.93. The van der Waals surface area contributed by atoms with Crippen LogP contribution in [0.25, 0.3) is 17.1 Å². The molecule has 2 aliphatic rings. The third-order valence-electron chi connectivity index (χ3n) is 4.05. The van der Waals surface area contributed by atoms with E-state index in [2.05, 4.69) is 15.3 Å². The minimum absolute atomic E-state index is 0.0713. The maximum atomic E-state index is 12.7. The van der Waals surface area contributed by atoms with Gasteiger partial charge in [-0.3, -0.25) is 4.79 Å². The highest BCUT2D eigenvalue weighted by Gasteiger charge is 2.39. The molecule has 0 radical (unpaired) electrons. The average molecular weight is 339 g/mol. The van der Waals surface area contributed by atoms with Gasteiger partial charge in [0.2, 0.25) is 11.7 Å². The average Bonchev–Trinajstić information content (AvgIpc) is 3.24. The Morgan fingerprint density at radius 3 is 3.12 bits per heavy atom. The number of nitrogens with one attached hydrogen (secondary N) is 2. The molecule has 0 aromatic carbocycles. The number of fused-ring (bicyclic) bond motifs is 1. The Bertz CT molecular complexity index is 921. The van der Waals surface area contributed by atoms with Crippen LogP contribution in [-0.2, 0) is 19.1 Å². The van der Waals surface area contributed by atoms with Crippen LogP contribution in [0.15, 0.2) is 41.7 Å². The molecular weight excluding hydrogens is 322 g/mol. The Hall–Kier alpha value is -3.09. The topological polar surface area (TPSA) is 93.3 Å². The van der Waals surface area contributed by atoms with Gasteiger partial charge >= 0.3 is 5.97 Å². The zero-order valence-electron chi connectivity index (χ0n) is 13.7. The van der Waals surface area contributed by atoms with Gasteiger partial charge in [-0.2, -0.15) is 0 Å².